The topological polar surface area (TPSA) is 30.8 Å². The van der Waals surface area contributed by atoms with Crippen LogP contribution in [0.25, 0.3) is 0 Å². The Bertz CT molecular complexity index is 523. The van der Waals surface area contributed by atoms with Crippen LogP contribution in [0.15, 0.2) is 17.1 Å². The lowest BCUT2D eigenvalue weighted by Gasteiger charge is -2.29. The highest BCUT2D eigenvalue weighted by molar-refractivity contribution is 8.13. The lowest BCUT2D eigenvalue weighted by Crippen LogP contribution is -2.28. The number of fused-ring (bicyclic) bond motifs is 1. The molecule has 1 aromatic carbocycles. The summed E-state index contributed by atoms with van der Waals surface area (Å²) in [5, 5.41) is 1.08. The van der Waals surface area contributed by atoms with E-state index < -0.39 is 0 Å². The molecule has 0 aromatic heterocycles. The zero-order chi connectivity index (χ0) is 14.8. The number of ether oxygens (including phenoxy) is 2. The maximum absolute atomic E-state index is 5.80. The molecule has 110 valence electrons. The number of thioether (sulfide) groups is 1. The van der Waals surface area contributed by atoms with Crippen molar-refractivity contribution in [3.05, 3.63) is 23.3 Å². The molecular weight excluding hydrogens is 270 g/mol. The highest BCUT2D eigenvalue weighted by atomic mass is 32.2. The molecule has 0 N–H and O–H groups in total. The molecule has 1 aliphatic rings. The van der Waals surface area contributed by atoms with E-state index in [9.17, 15) is 0 Å². The Morgan fingerprint density at radius 1 is 1.30 bits per heavy atom. The smallest absolute Gasteiger partial charge is 0.161 e. The van der Waals surface area contributed by atoms with Crippen LogP contribution in [-0.4, -0.2) is 30.6 Å². The summed E-state index contributed by atoms with van der Waals surface area (Å²) in [5.41, 5.74) is 2.42. The van der Waals surface area contributed by atoms with Gasteiger partial charge in [0.25, 0.3) is 0 Å². The molecule has 4 heteroatoms. The second kappa shape index (κ2) is 6.08. The van der Waals surface area contributed by atoms with E-state index in [-0.39, 0.29) is 5.54 Å². The van der Waals surface area contributed by atoms with E-state index in [0.717, 1.165) is 29.4 Å². The maximum Gasteiger partial charge on any atom is 0.161 e. The number of methoxy groups -OCH3 is 1. The molecule has 0 amide bonds. The standard InChI is InChI=1S/C16H23NO2S/c1-6-7-19-14-9-12-11(8-13(14)18-4)10-16(2,3)17-15(12)20-5/h8-9H,6-7,10H2,1-5H3. The van der Waals surface area contributed by atoms with Gasteiger partial charge in [-0.3, -0.25) is 4.99 Å². The monoisotopic (exact) mass is 293 g/mol. The molecule has 2 rings (SSSR count). The average Bonchev–Trinajstić information content (AvgIpc) is 2.42. The minimum atomic E-state index is -0.0534. The number of nitrogens with zero attached hydrogens (tertiary/aromatic N) is 1. The zero-order valence-corrected chi connectivity index (χ0v) is 13.8. The number of rotatable bonds is 4. The molecule has 0 saturated carbocycles. The molecule has 0 radical (unpaired) electrons. The van der Waals surface area contributed by atoms with Crippen LogP contribution in [0.4, 0.5) is 0 Å². The number of hydrogen-bond donors (Lipinski definition) is 0. The van der Waals surface area contributed by atoms with Crippen molar-refractivity contribution in [1.29, 1.82) is 0 Å². The Morgan fingerprint density at radius 2 is 2.05 bits per heavy atom. The lowest BCUT2D eigenvalue weighted by molar-refractivity contribution is 0.294. The first-order chi connectivity index (χ1) is 9.50. The van der Waals surface area contributed by atoms with Gasteiger partial charge in [-0.2, -0.15) is 0 Å². The van der Waals surface area contributed by atoms with Crippen molar-refractivity contribution in [2.24, 2.45) is 4.99 Å². The molecule has 0 aliphatic carbocycles. The van der Waals surface area contributed by atoms with Crippen molar-refractivity contribution >= 4 is 16.8 Å². The molecule has 1 heterocycles. The summed E-state index contributed by atoms with van der Waals surface area (Å²) < 4.78 is 11.3. The van der Waals surface area contributed by atoms with Crippen molar-refractivity contribution < 1.29 is 9.47 Å². The van der Waals surface area contributed by atoms with Gasteiger partial charge in [0.15, 0.2) is 11.5 Å². The molecule has 0 bridgehead atoms. The van der Waals surface area contributed by atoms with Crippen LogP contribution in [-0.2, 0) is 6.42 Å². The molecule has 0 spiro atoms. The average molecular weight is 293 g/mol. The van der Waals surface area contributed by atoms with E-state index in [2.05, 4.69) is 39.2 Å². The summed E-state index contributed by atoms with van der Waals surface area (Å²) in [6.45, 7) is 7.13. The first-order valence-corrected chi connectivity index (χ1v) is 8.21. The SMILES string of the molecule is CCCOc1cc2c(cc1OC)CC(C)(C)N=C2SC. The van der Waals surface area contributed by atoms with Crippen LogP contribution >= 0.6 is 11.8 Å². The molecule has 0 atom stereocenters. The van der Waals surface area contributed by atoms with Crippen LogP contribution in [0.1, 0.15) is 38.3 Å². The number of hydrogen-bond acceptors (Lipinski definition) is 4. The van der Waals surface area contributed by atoms with Crippen LogP contribution in [0.3, 0.4) is 0 Å². The third kappa shape index (κ3) is 3.11. The first-order valence-electron chi connectivity index (χ1n) is 6.98. The molecular formula is C16H23NO2S. The van der Waals surface area contributed by atoms with Gasteiger partial charge in [-0.15, -0.1) is 11.8 Å². The van der Waals surface area contributed by atoms with E-state index in [1.807, 2.05) is 0 Å². The predicted octanol–water partition coefficient (Wildman–Crippen LogP) is 3.93. The van der Waals surface area contributed by atoms with Crippen LogP contribution in [0.2, 0.25) is 0 Å². The van der Waals surface area contributed by atoms with Crippen LogP contribution < -0.4 is 9.47 Å². The van der Waals surface area contributed by atoms with E-state index in [1.54, 1.807) is 18.9 Å². The van der Waals surface area contributed by atoms with Crippen molar-refractivity contribution in [2.75, 3.05) is 20.0 Å². The summed E-state index contributed by atoms with van der Waals surface area (Å²) in [7, 11) is 1.69. The zero-order valence-electron chi connectivity index (χ0n) is 12.9. The third-order valence-corrected chi connectivity index (χ3v) is 4.00. The van der Waals surface area contributed by atoms with Gasteiger partial charge in [-0.05, 0) is 50.6 Å². The van der Waals surface area contributed by atoms with E-state index in [4.69, 9.17) is 14.5 Å². The van der Waals surface area contributed by atoms with Crippen molar-refractivity contribution in [1.82, 2.24) is 0 Å². The fourth-order valence-electron chi connectivity index (χ4n) is 2.43. The van der Waals surface area contributed by atoms with E-state index in [1.165, 1.54) is 11.1 Å². The summed E-state index contributed by atoms with van der Waals surface area (Å²) in [6, 6.07) is 4.18. The first kappa shape index (κ1) is 15.2. The molecule has 20 heavy (non-hydrogen) atoms. The molecule has 0 fully saturated rings. The van der Waals surface area contributed by atoms with Crippen LogP contribution in [0, 0.1) is 0 Å². The van der Waals surface area contributed by atoms with Gasteiger partial charge < -0.3 is 9.47 Å². The van der Waals surface area contributed by atoms with Gasteiger partial charge in [0.2, 0.25) is 0 Å². The van der Waals surface area contributed by atoms with Gasteiger partial charge in [0.05, 0.1) is 24.3 Å². The maximum atomic E-state index is 5.80. The van der Waals surface area contributed by atoms with Gasteiger partial charge in [0.1, 0.15) is 0 Å². The van der Waals surface area contributed by atoms with E-state index >= 15 is 0 Å². The van der Waals surface area contributed by atoms with Crippen molar-refractivity contribution in [3.8, 4) is 11.5 Å². The minimum absolute atomic E-state index is 0.0534. The predicted molar refractivity (Wildman–Crippen MR) is 86.6 cm³/mol. The second-order valence-corrected chi connectivity index (χ2v) is 6.41. The van der Waals surface area contributed by atoms with Gasteiger partial charge in [-0.1, -0.05) is 6.92 Å². The summed E-state index contributed by atoms with van der Waals surface area (Å²) in [4.78, 5) is 4.83. The number of benzene rings is 1. The largest absolute Gasteiger partial charge is 0.493 e. The summed E-state index contributed by atoms with van der Waals surface area (Å²) >= 11 is 1.69. The van der Waals surface area contributed by atoms with Gasteiger partial charge >= 0.3 is 0 Å². The van der Waals surface area contributed by atoms with Crippen LogP contribution in [0.5, 0.6) is 11.5 Å². The Morgan fingerprint density at radius 3 is 2.65 bits per heavy atom. The quantitative estimate of drug-likeness (QED) is 0.843. The molecule has 0 saturated heterocycles. The molecule has 3 nitrogen and oxygen atoms in total. The van der Waals surface area contributed by atoms with Gasteiger partial charge in [-0.25, -0.2) is 0 Å². The molecule has 1 aliphatic heterocycles. The fourth-order valence-corrected chi connectivity index (χ4v) is 3.18. The normalized spacial score (nSPS) is 16.4. The lowest BCUT2D eigenvalue weighted by atomic mass is 9.89. The Kier molecular flexibility index (Phi) is 4.63. The van der Waals surface area contributed by atoms with Crippen molar-refractivity contribution in [2.45, 2.75) is 39.2 Å². The second-order valence-electron chi connectivity index (χ2n) is 5.62. The summed E-state index contributed by atoms with van der Waals surface area (Å²) in [5.74, 6) is 1.63. The Balaban J connectivity index is 2.47. The Labute approximate surface area is 125 Å². The third-order valence-electron chi connectivity index (χ3n) is 3.30. The van der Waals surface area contributed by atoms with Crippen molar-refractivity contribution in [3.63, 3.8) is 0 Å². The summed E-state index contributed by atoms with van der Waals surface area (Å²) in [6.07, 6.45) is 3.98. The van der Waals surface area contributed by atoms with E-state index in [0.29, 0.717) is 6.61 Å². The highest BCUT2D eigenvalue weighted by Gasteiger charge is 2.28. The molecule has 0 unspecified atom stereocenters. The highest BCUT2D eigenvalue weighted by Crippen LogP contribution is 2.37. The van der Waals surface area contributed by atoms with Gasteiger partial charge in [0, 0.05) is 5.56 Å². The minimum Gasteiger partial charge on any atom is -0.493 e. The Hall–Kier alpha value is -1.16. The fraction of sp³-hybridized carbons (Fsp3) is 0.562. The number of aliphatic imine (C=N–C) groups is 1. The molecule has 1 aromatic rings.